The molecule has 1 aliphatic heterocycles. The standard InChI is InChI=1S/C28H29NO4S/c1-15(2)20-14-21(18(5)13-22(20)33-6)26(30)24-25(23-8-7-9-34-23)29(28(32)27(24)31)19-11-16(3)10-17(4)12-19/h7-15,25,30H,1-6H3/b26-24+. The number of hydrogen-bond acceptors (Lipinski definition) is 5. The van der Waals surface area contributed by atoms with E-state index in [1.165, 1.54) is 16.2 Å². The van der Waals surface area contributed by atoms with E-state index in [1.807, 2.05) is 82.5 Å². The van der Waals surface area contributed by atoms with Crippen molar-refractivity contribution in [2.24, 2.45) is 0 Å². The maximum absolute atomic E-state index is 13.4. The molecule has 1 aliphatic rings. The lowest BCUT2D eigenvalue weighted by molar-refractivity contribution is -0.132. The quantitative estimate of drug-likeness (QED) is 0.262. The number of carbonyl (C=O) groups excluding carboxylic acids is 2. The topological polar surface area (TPSA) is 66.8 Å². The molecule has 0 saturated carbocycles. The predicted molar refractivity (Wildman–Crippen MR) is 137 cm³/mol. The molecule has 0 aliphatic carbocycles. The van der Waals surface area contributed by atoms with Gasteiger partial charge < -0.3 is 9.84 Å². The molecule has 0 spiro atoms. The van der Waals surface area contributed by atoms with Gasteiger partial charge in [0.15, 0.2) is 0 Å². The number of anilines is 1. The number of methoxy groups -OCH3 is 1. The smallest absolute Gasteiger partial charge is 0.300 e. The number of thiophene rings is 1. The van der Waals surface area contributed by atoms with Gasteiger partial charge in [0.1, 0.15) is 17.6 Å². The van der Waals surface area contributed by atoms with Gasteiger partial charge in [-0.2, -0.15) is 0 Å². The van der Waals surface area contributed by atoms with Gasteiger partial charge in [0.2, 0.25) is 0 Å². The molecule has 3 aromatic rings. The molecule has 5 nitrogen and oxygen atoms in total. The Kier molecular flexibility index (Phi) is 6.36. The summed E-state index contributed by atoms with van der Waals surface area (Å²) < 4.78 is 5.54. The Bertz CT molecular complexity index is 1280. The third kappa shape index (κ3) is 4.03. The zero-order valence-corrected chi connectivity index (χ0v) is 21.1. The summed E-state index contributed by atoms with van der Waals surface area (Å²) in [6.07, 6.45) is 0. The Morgan fingerprint density at radius 1 is 1.06 bits per heavy atom. The van der Waals surface area contributed by atoms with E-state index < -0.39 is 17.7 Å². The Morgan fingerprint density at radius 2 is 1.74 bits per heavy atom. The molecule has 0 radical (unpaired) electrons. The SMILES string of the molecule is COc1cc(C)c(/C(O)=C2\C(=O)C(=O)N(c3cc(C)cc(C)c3)C2c2cccs2)cc1C(C)C. The highest BCUT2D eigenvalue weighted by Crippen LogP contribution is 2.45. The third-order valence-corrected chi connectivity index (χ3v) is 7.12. The molecule has 34 heavy (non-hydrogen) atoms. The molecule has 176 valence electrons. The fraction of sp³-hybridized carbons (Fsp3) is 0.286. The third-order valence-electron chi connectivity index (χ3n) is 6.20. The lowest BCUT2D eigenvalue weighted by Crippen LogP contribution is -2.29. The number of benzene rings is 2. The van der Waals surface area contributed by atoms with Crippen molar-refractivity contribution in [3.05, 3.63) is 86.1 Å². The van der Waals surface area contributed by atoms with E-state index in [9.17, 15) is 14.7 Å². The van der Waals surface area contributed by atoms with Crippen molar-refractivity contribution in [1.29, 1.82) is 0 Å². The minimum Gasteiger partial charge on any atom is -0.507 e. The molecule has 2 aromatic carbocycles. The van der Waals surface area contributed by atoms with Crippen LogP contribution >= 0.6 is 11.3 Å². The summed E-state index contributed by atoms with van der Waals surface area (Å²) in [5.74, 6) is -0.607. The zero-order valence-electron chi connectivity index (χ0n) is 20.3. The second-order valence-corrected chi connectivity index (χ2v) is 10.1. The number of ketones is 1. The van der Waals surface area contributed by atoms with Crippen molar-refractivity contribution >= 4 is 34.5 Å². The second kappa shape index (κ2) is 9.11. The molecule has 1 amide bonds. The summed E-state index contributed by atoms with van der Waals surface area (Å²) in [5.41, 5.74) is 4.96. The van der Waals surface area contributed by atoms with Gasteiger partial charge in [-0.3, -0.25) is 14.5 Å². The van der Waals surface area contributed by atoms with E-state index in [4.69, 9.17) is 4.74 Å². The number of aliphatic hydroxyl groups is 1. The van der Waals surface area contributed by atoms with Crippen molar-refractivity contribution in [1.82, 2.24) is 0 Å². The minimum atomic E-state index is -0.704. The number of rotatable bonds is 5. The number of aliphatic hydroxyl groups excluding tert-OH is 1. The van der Waals surface area contributed by atoms with Crippen LogP contribution in [0.2, 0.25) is 0 Å². The average Bonchev–Trinajstić information content (AvgIpc) is 3.39. The van der Waals surface area contributed by atoms with Crippen LogP contribution in [0, 0.1) is 20.8 Å². The van der Waals surface area contributed by atoms with Gasteiger partial charge in [0, 0.05) is 16.1 Å². The first-order chi connectivity index (χ1) is 16.1. The largest absolute Gasteiger partial charge is 0.507 e. The van der Waals surface area contributed by atoms with Gasteiger partial charge in [-0.1, -0.05) is 26.0 Å². The highest BCUT2D eigenvalue weighted by Gasteiger charge is 2.47. The van der Waals surface area contributed by atoms with Crippen LogP contribution in [0.4, 0.5) is 5.69 Å². The van der Waals surface area contributed by atoms with Gasteiger partial charge in [0.25, 0.3) is 11.7 Å². The predicted octanol–water partition coefficient (Wildman–Crippen LogP) is 6.43. The van der Waals surface area contributed by atoms with Gasteiger partial charge in [-0.05, 0) is 84.7 Å². The Morgan fingerprint density at radius 3 is 2.29 bits per heavy atom. The number of aryl methyl sites for hydroxylation is 3. The normalized spacial score (nSPS) is 17.6. The molecule has 1 aromatic heterocycles. The van der Waals surface area contributed by atoms with Crippen LogP contribution in [0.1, 0.15) is 58.5 Å². The molecule has 2 heterocycles. The summed E-state index contributed by atoms with van der Waals surface area (Å²) in [7, 11) is 1.62. The second-order valence-electron chi connectivity index (χ2n) is 9.09. The number of hydrogen-bond donors (Lipinski definition) is 1. The Labute approximate surface area is 204 Å². The minimum absolute atomic E-state index is 0.106. The van der Waals surface area contributed by atoms with Gasteiger partial charge in [0.05, 0.1) is 12.7 Å². The fourth-order valence-electron chi connectivity index (χ4n) is 4.63. The molecule has 6 heteroatoms. The van der Waals surface area contributed by atoms with Crippen LogP contribution in [0.15, 0.2) is 53.4 Å². The molecule has 1 N–H and O–H groups in total. The highest BCUT2D eigenvalue weighted by molar-refractivity contribution is 7.10. The summed E-state index contributed by atoms with van der Waals surface area (Å²) in [5, 5.41) is 13.5. The van der Waals surface area contributed by atoms with E-state index in [-0.39, 0.29) is 17.3 Å². The molecule has 0 bridgehead atoms. The first kappa shape index (κ1) is 23.8. The summed E-state index contributed by atoms with van der Waals surface area (Å²) in [4.78, 5) is 29.1. The van der Waals surface area contributed by atoms with Crippen LogP contribution in [-0.4, -0.2) is 23.9 Å². The molecule has 1 atom stereocenters. The molecule has 4 rings (SSSR count). The van der Waals surface area contributed by atoms with Crippen molar-refractivity contribution < 1.29 is 19.4 Å². The molecule has 1 fully saturated rings. The monoisotopic (exact) mass is 475 g/mol. The number of carbonyl (C=O) groups is 2. The van der Waals surface area contributed by atoms with Crippen LogP contribution in [-0.2, 0) is 9.59 Å². The summed E-state index contributed by atoms with van der Waals surface area (Å²) in [6, 6.07) is 12.6. The van der Waals surface area contributed by atoms with Crippen LogP contribution in [0.5, 0.6) is 5.75 Å². The van der Waals surface area contributed by atoms with Crippen LogP contribution in [0.3, 0.4) is 0 Å². The first-order valence-corrected chi connectivity index (χ1v) is 12.1. The number of ether oxygens (including phenoxy) is 1. The van der Waals surface area contributed by atoms with Crippen molar-refractivity contribution in [3.8, 4) is 5.75 Å². The van der Waals surface area contributed by atoms with Crippen LogP contribution < -0.4 is 9.64 Å². The Hall–Kier alpha value is -3.38. The van der Waals surface area contributed by atoms with E-state index in [0.29, 0.717) is 11.3 Å². The molecule has 1 unspecified atom stereocenters. The maximum Gasteiger partial charge on any atom is 0.300 e. The van der Waals surface area contributed by atoms with Gasteiger partial charge in [-0.15, -0.1) is 11.3 Å². The Balaban J connectivity index is 1.97. The molecular formula is C28H29NO4S. The lowest BCUT2D eigenvalue weighted by atomic mass is 9.92. The van der Waals surface area contributed by atoms with Crippen molar-refractivity contribution in [2.75, 3.05) is 12.0 Å². The molecule has 1 saturated heterocycles. The van der Waals surface area contributed by atoms with Gasteiger partial charge in [-0.25, -0.2) is 0 Å². The van der Waals surface area contributed by atoms with Gasteiger partial charge >= 0.3 is 0 Å². The van der Waals surface area contributed by atoms with E-state index in [1.54, 1.807) is 7.11 Å². The van der Waals surface area contributed by atoms with E-state index >= 15 is 0 Å². The number of amides is 1. The fourth-order valence-corrected chi connectivity index (χ4v) is 5.45. The number of nitrogens with zero attached hydrogens (tertiary/aromatic N) is 1. The maximum atomic E-state index is 13.4. The zero-order chi connectivity index (χ0) is 24.7. The van der Waals surface area contributed by atoms with E-state index in [0.717, 1.165) is 32.9 Å². The highest BCUT2D eigenvalue weighted by atomic mass is 32.1. The van der Waals surface area contributed by atoms with Crippen LogP contribution in [0.25, 0.3) is 5.76 Å². The summed E-state index contributed by atoms with van der Waals surface area (Å²) >= 11 is 1.45. The molecular weight excluding hydrogens is 446 g/mol. The van der Waals surface area contributed by atoms with Crippen molar-refractivity contribution in [3.63, 3.8) is 0 Å². The van der Waals surface area contributed by atoms with E-state index in [2.05, 4.69) is 0 Å². The average molecular weight is 476 g/mol. The van der Waals surface area contributed by atoms with Crippen molar-refractivity contribution in [2.45, 2.75) is 46.6 Å². The summed E-state index contributed by atoms with van der Waals surface area (Å²) in [6.45, 7) is 9.87. The number of Topliss-reactive ketones (excluding diaryl/α,β-unsaturated/α-hetero) is 1. The first-order valence-electron chi connectivity index (χ1n) is 11.3. The lowest BCUT2D eigenvalue weighted by Gasteiger charge is -2.25.